The van der Waals surface area contributed by atoms with Gasteiger partial charge >= 0.3 is 0 Å². The van der Waals surface area contributed by atoms with E-state index < -0.39 is 0 Å². The van der Waals surface area contributed by atoms with Crippen molar-refractivity contribution in [3.8, 4) is 16.9 Å². The van der Waals surface area contributed by atoms with Crippen LogP contribution in [0.3, 0.4) is 0 Å². The van der Waals surface area contributed by atoms with E-state index in [-0.39, 0.29) is 5.78 Å². The molecule has 3 heteroatoms. The van der Waals surface area contributed by atoms with E-state index in [2.05, 4.69) is 22.9 Å². The summed E-state index contributed by atoms with van der Waals surface area (Å²) in [4.78, 5) is 12.6. The molecule has 114 valence electrons. The summed E-state index contributed by atoms with van der Waals surface area (Å²) in [5.74, 6) is 0.885. The average Bonchev–Trinajstić information content (AvgIpc) is 2.95. The van der Waals surface area contributed by atoms with Gasteiger partial charge in [0.25, 0.3) is 6.73 Å². The number of hydrogen-bond acceptors (Lipinski definition) is 2. The smallest absolute Gasteiger partial charge is 0.292 e. The molecule has 0 unspecified atom stereocenters. The van der Waals surface area contributed by atoms with Gasteiger partial charge in [0.15, 0.2) is 12.0 Å². The standard InChI is InChI=1S/C21H14NO2/c23-20-17-9-5-4-8-16(17)19-18(20)11-10-14-12-22(13-24-21(14)19)15-6-2-1-3-7-15/h1-12H,13H2/q+1. The fourth-order valence-electron chi connectivity index (χ4n) is 3.46. The highest BCUT2D eigenvalue weighted by Gasteiger charge is 2.33. The topological polar surface area (TPSA) is 29.3 Å². The molecule has 0 saturated carbocycles. The maximum Gasteiger partial charge on any atom is 0.292 e. The fourth-order valence-corrected chi connectivity index (χ4v) is 3.46. The molecule has 5 rings (SSSR count). The van der Waals surface area contributed by atoms with Gasteiger partial charge in [0.1, 0.15) is 5.75 Å². The molecule has 0 fully saturated rings. The highest BCUT2D eigenvalue weighted by Crippen LogP contribution is 2.44. The first kappa shape index (κ1) is 13.3. The van der Waals surface area contributed by atoms with E-state index >= 15 is 0 Å². The van der Waals surface area contributed by atoms with Crippen molar-refractivity contribution in [2.75, 3.05) is 6.73 Å². The number of benzene rings is 3. The maximum atomic E-state index is 12.6. The lowest BCUT2D eigenvalue weighted by Crippen LogP contribution is -2.21. The van der Waals surface area contributed by atoms with Crippen LogP contribution in [-0.4, -0.2) is 23.3 Å². The summed E-state index contributed by atoms with van der Waals surface area (Å²) in [5, 5.41) is 0. The van der Waals surface area contributed by atoms with Crippen molar-refractivity contribution in [1.82, 2.24) is 0 Å². The van der Waals surface area contributed by atoms with Gasteiger partial charge in [-0.3, -0.25) is 4.79 Å². The van der Waals surface area contributed by atoms with Gasteiger partial charge in [0.2, 0.25) is 5.69 Å². The molecular weight excluding hydrogens is 298 g/mol. The quantitative estimate of drug-likeness (QED) is 0.497. The first-order valence-corrected chi connectivity index (χ1v) is 7.93. The van der Waals surface area contributed by atoms with Gasteiger partial charge in [-0.05, 0) is 17.7 Å². The summed E-state index contributed by atoms with van der Waals surface area (Å²) in [6.45, 7) is 0.434. The number of hydrogen-bond donors (Lipinski definition) is 0. The third-order valence-electron chi connectivity index (χ3n) is 4.60. The minimum Gasteiger partial charge on any atom is -0.434 e. The fraction of sp³-hybridized carbons (Fsp3) is 0.0476. The number of para-hydroxylation sites is 1. The van der Waals surface area contributed by atoms with E-state index in [0.717, 1.165) is 39.3 Å². The zero-order chi connectivity index (χ0) is 16.1. The zero-order valence-corrected chi connectivity index (χ0v) is 12.9. The molecular formula is C21H14NO2+. The van der Waals surface area contributed by atoms with E-state index in [9.17, 15) is 4.79 Å². The third-order valence-corrected chi connectivity index (χ3v) is 4.60. The Morgan fingerprint density at radius 1 is 0.792 bits per heavy atom. The van der Waals surface area contributed by atoms with Gasteiger partial charge in [-0.15, -0.1) is 0 Å². The Morgan fingerprint density at radius 3 is 2.38 bits per heavy atom. The number of carbonyl (C=O) groups is 1. The predicted molar refractivity (Wildman–Crippen MR) is 92.3 cm³/mol. The third kappa shape index (κ3) is 1.78. The Bertz CT molecular complexity index is 1020. The Balaban J connectivity index is 1.71. The van der Waals surface area contributed by atoms with Crippen LogP contribution in [-0.2, 0) is 0 Å². The summed E-state index contributed by atoms with van der Waals surface area (Å²) in [7, 11) is 0. The molecule has 2 aliphatic rings. The van der Waals surface area contributed by atoms with Crippen molar-refractivity contribution in [1.29, 1.82) is 0 Å². The van der Waals surface area contributed by atoms with Gasteiger partial charge < -0.3 is 4.74 Å². The Morgan fingerprint density at radius 2 is 1.54 bits per heavy atom. The van der Waals surface area contributed by atoms with Crippen LogP contribution in [0.5, 0.6) is 5.75 Å². The molecule has 1 heterocycles. The van der Waals surface area contributed by atoms with Crippen LogP contribution in [0.25, 0.3) is 11.1 Å². The van der Waals surface area contributed by atoms with Crippen LogP contribution in [0.4, 0.5) is 5.69 Å². The molecule has 0 amide bonds. The second kappa shape index (κ2) is 4.90. The number of rotatable bonds is 1. The molecule has 3 nitrogen and oxygen atoms in total. The van der Waals surface area contributed by atoms with Crippen molar-refractivity contribution in [2.45, 2.75) is 0 Å². The van der Waals surface area contributed by atoms with Crippen molar-refractivity contribution < 1.29 is 14.1 Å². The second-order valence-electron chi connectivity index (χ2n) is 5.99. The van der Waals surface area contributed by atoms with E-state index in [1.165, 1.54) is 0 Å². The first-order chi connectivity index (χ1) is 11.8. The molecule has 1 aliphatic carbocycles. The van der Waals surface area contributed by atoms with E-state index in [1.54, 1.807) is 0 Å². The van der Waals surface area contributed by atoms with Crippen LogP contribution >= 0.6 is 0 Å². The molecule has 3 aromatic rings. The summed E-state index contributed by atoms with van der Waals surface area (Å²) in [6.07, 6.45) is 2.08. The van der Waals surface area contributed by atoms with E-state index in [4.69, 9.17) is 4.74 Å². The summed E-state index contributed by atoms with van der Waals surface area (Å²) in [5.41, 5.74) is 5.47. The molecule has 1 aliphatic heterocycles. The van der Waals surface area contributed by atoms with Crippen LogP contribution in [0, 0.1) is 0 Å². The summed E-state index contributed by atoms with van der Waals surface area (Å²) in [6, 6.07) is 21.7. The summed E-state index contributed by atoms with van der Waals surface area (Å²) >= 11 is 0. The molecule has 0 N–H and O–H groups in total. The van der Waals surface area contributed by atoms with Crippen molar-refractivity contribution in [2.24, 2.45) is 0 Å². The maximum absolute atomic E-state index is 12.6. The number of ether oxygens (including phenoxy) is 1. The molecule has 0 atom stereocenters. The highest BCUT2D eigenvalue weighted by molar-refractivity contribution is 6.23. The molecule has 0 saturated heterocycles. The molecule has 3 aromatic carbocycles. The monoisotopic (exact) mass is 312 g/mol. The lowest BCUT2D eigenvalue weighted by molar-refractivity contribution is -0.476. The zero-order valence-electron chi connectivity index (χ0n) is 12.9. The first-order valence-electron chi connectivity index (χ1n) is 7.93. The molecule has 0 aromatic heterocycles. The van der Waals surface area contributed by atoms with E-state index in [1.807, 2.05) is 54.6 Å². The highest BCUT2D eigenvalue weighted by atomic mass is 16.5. The van der Waals surface area contributed by atoms with Gasteiger partial charge in [0.05, 0.1) is 5.56 Å². The van der Waals surface area contributed by atoms with Crippen LogP contribution < -0.4 is 4.74 Å². The minimum atomic E-state index is 0.0810. The Hall–Kier alpha value is -3.20. The lowest BCUT2D eigenvalue weighted by Gasteiger charge is -2.16. The summed E-state index contributed by atoms with van der Waals surface area (Å²) < 4.78 is 8.15. The Kier molecular flexibility index (Phi) is 2.71. The van der Waals surface area contributed by atoms with Gasteiger partial charge in [-0.25, -0.2) is 0 Å². The minimum absolute atomic E-state index is 0.0810. The SMILES string of the molecule is O=C1c2ccccc2-c2c1ccc1c2OC[N+](c2ccccc2)=C1. The van der Waals surface area contributed by atoms with Gasteiger partial charge in [-0.2, -0.15) is 4.58 Å². The van der Waals surface area contributed by atoms with Gasteiger partial charge in [0, 0.05) is 28.8 Å². The van der Waals surface area contributed by atoms with E-state index in [0.29, 0.717) is 6.73 Å². The lowest BCUT2D eigenvalue weighted by atomic mass is 10.0. The van der Waals surface area contributed by atoms with Crippen LogP contribution in [0.2, 0.25) is 0 Å². The van der Waals surface area contributed by atoms with Crippen molar-refractivity contribution >= 4 is 17.7 Å². The second-order valence-corrected chi connectivity index (χ2v) is 5.99. The van der Waals surface area contributed by atoms with Gasteiger partial charge in [-0.1, -0.05) is 42.5 Å². The Labute approximate surface area is 139 Å². The largest absolute Gasteiger partial charge is 0.434 e. The number of nitrogens with zero attached hydrogens (tertiary/aromatic N) is 1. The number of ketones is 1. The molecule has 24 heavy (non-hydrogen) atoms. The average molecular weight is 312 g/mol. The molecule has 0 radical (unpaired) electrons. The molecule has 0 spiro atoms. The van der Waals surface area contributed by atoms with Crippen LogP contribution in [0.15, 0.2) is 66.7 Å². The predicted octanol–water partition coefficient (Wildman–Crippen LogP) is 4.01. The van der Waals surface area contributed by atoms with Crippen LogP contribution in [0.1, 0.15) is 21.5 Å². The number of fused-ring (bicyclic) bond motifs is 5. The van der Waals surface area contributed by atoms with Crippen molar-refractivity contribution in [3.05, 3.63) is 83.4 Å². The van der Waals surface area contributed by atoms with Crippen molar-refractivity contribution in [3.63, 3.8) is 0 Å². The molecule has 0 bridgehead atoms. The number of carbonyl (C=O) groups excluding carboxylic acids is 1. The normalized spacial score (nSPS) is 14.3.